The van der Waals surface area contributed by atoms with Crippen molar-refractivity contribution in [2.24, 2.45) is 0 Å². The molecule has 0 unspecified atom stereocenters. The number of carbonyl (C=O) groups excluding carboxylic acids is 1. The lowest BCUT2D eigenvalue weighted by molar-refractivity contribution is 0.0947. The number of aromatic nitrogens is 3. The van der Waals surface area contributed by atoms with Gasteiger partial charge < -0.3 is 14.8 Å². The van der Waals surface area contributed by atoms with Gasteiger partial charge in [0.15, 0.2) is 17.3 Å². The molecule has 0 saturated carbocycles. The SMILES string of the molecule is COc1ccc(C(=O)n2nc(-c3ccc(C)cc3)nc2NCc2ccc(Cl)cc2)cc1OC. The van der Waals surface area contributed by atoms with Crippen molar-refractivity contribution in [3.8, 4) is 22.9 Å². The number of anilines is 1. The number of rotatable bonds is 7. The molecule has 3 aromatic carbocycles. The van der Waals surface area contributed by atoms with Crippen LogP contribution >= 0.6 is 11.6 Å². The number of benzene rings is 3. The number of carbonyl (C=O) groups is 1. The number of methoxy groups -OCH3 is 2. The van der Waals surface area contributed by atoms with Gasteiger partial charge in [0.05, 0.1) is 14.2 Å². The summed E-state index contributed by atoms with van der Waals surface area (Å²) < 4.78 is 11.9. The molecule has 168 valence electrons. The van der Waals surface area contributed by atoms with Crippen LogP contribution in [0.2, 0.25) is 5.02 Å². The number of hydrogen-bond donors (Lipinski definition) is 1. The Labute approximate surface area is 196 Å². The van der Waals surface area contributed by atoms with Gasteiger partial charge in [-0.3, -0.25) is 4.79 Å². The average molecular weight is 463 g/mol. The van der Waals surface area contributed by atoms with Crippen LogP contribution < -0.4 is 14.8 Å². The fourth-order valence-electron chi connectivity index (χ4n) is 3.27. The van der Waals surface area contributed by atoms with E-state index in [1.165, 1.54) is 11.8 Å². The van der Waals surface area contributed by atoms with Crippen LogP contribution in [0.1, 0.15) is 21.5 Å². The van der Waals surface area contributed by atoms with Gasteiger partial charge in [-0.1, -0.05) is 53.6 Å². The molecule has 0 bridgehead atoms. The molecule has 0 amide bonds. The molecule has 0 radical (unpaired) electrons. The molecule has 4 aromatic rings. The molecule has 0 aliphatic rings. The largest absolute Gasteiger partial charge is 0.493 e. The van der Waals surface area contributed by atoms with Crippen molar-refractivity contribution in [1.29, 1.82) is 0 Å². The molecule has 4 rings (SSSR count). The first-order valence-corrected chi connectivity index (χ1v) is 10.7. The zero-order valence-corrected chi connectivity index (χ0v) is 19.3. The highest BCUT2D eigenvalue weighted by atomic mass is 35.5. The molecule has 0 fully saturated rings. The quantitative estimate of drug-likeness (QED) is 0.405. The molecule has 7 nitrogen and oxygen atoms in total. The van der Waals surface area contributed by atoms with Crippen LogP contribution in [0.3, 0.4) is 0 Å². The van der Waals surface area contributed by atoms with Crippen molar-refractivity contribution in [3.63, 3.8) is 0 Å². The minimum Gasteiger partial charge on any atom is -0.493 e. The molecule has 0 aliphatic carbocycles. The summed E-state index contributed by atoms with van der Waals surface area (Å²) in [7, 11) is 3.07. The molecular formula is C25H23ClN4O3. The van der Waals surface area contributed by atoms with Gasteiger partial charge in [-0.15, -0.1) is 5.10 Å². The maximum atomic E-state index is 13.4. The minimum absolute atomic E-state index is 0.334. The Kier molecular flexibility index (Phi) is 6.60. The third kappa shape index (κ3) is 4.99. The summed E-state index contributed by atoms with van der Waals surface area (Å²) in [4.78, 5) is 18.0. The van der Waals surface area contributed by atoms with E-state index in [2.05, 4.69) is 15.4 Å². The van der Waals surface area contributed by atoms with Crippen molar-refractivity contribution >= 4 is 23.5 Å². The highest BCUT2D eigenvalue weighted by molar-refractivity contribution is 6.30. The summed E-state index contributed by atoms with van der Waals surface area (Å²) in [6, 6.07) is 20.2. The predicted molar refractivity (Wildman–Crippen MR) is 128 cm³/mol. The molecule has 1 N–H and O–H groups in total. The fraction of sp³-hybridized carbons (Fsp3) is 0.160. The van der Waals surface area contributed by atoms with E-state index in [1.54, 1.807) is 25.3 Å². The van der Waals surface area contributed by atoms with Crippen molar-refractivity contribution < 1.29 is 14.3 Å². The van der Waals surface area contributed by atoms with Gasteiger partial charge in [0.2, 0.25) is 5.95 Å². The van der Waals surface area contributed by atoms with E-state index in [1.807, 2.05) is 55.5 Å². The lowest BCUT2D eigenvalue weighted by Gasteiger charge is -2.10. The van der Waals surface area contributed by atoms with Gasteiger partial charge in [-0.05, 0) is 42.8 Å². The molecule has 1 heterocycles. The lowest BCUT2D eigenvalue weighted by Crippen LogP contribution is -2.17. The molecule has 0 aliphatic heterocycles. The van der Waals surface area contributed by atoms with E-state index in [0.29, 0.717) is 40.4 Å². The number of nitrogens with one attached hydrogen (secondary N) is 1. The zero-order valence-electron chi connectivity index (χ0n) is 18.5. The lowest BCUT2D eigenvalue weighted by atomic mass is 10.1. The van der Waals surface area contributed by atoms with E-state index < -0.39 is 0 Å². The molecule has 0 spiro atoms. The monoisotopic (exact) mass is 462 g/mol. The third-order valence-corrected chi connectivity index (χ3v) is 5.36. The van der Waals surface area contributed by atoms with Gasteiger partial charge in [-0.2, -0.15) is 9.67 Å². The summed E-state index contributed by atoms with van der Waals surface area (Å²) in [5, 5.41) is 8.39. The standard InChI is InChI=1S/C25H23ClN4O3/c1-16-4-8-18(9-5-16)23-28-25(27-15-17-6-11-20(26)12-7-17)30(29-23)24(31)19-10-13-21(32-2)22(14-19)33-3/h4-14H,15H2,1-3H3,(H,27,28,29). The summed E-state index contributed by atoms with van der Waals surface area (Å²) in [6.45, 7) is 2.46. The summed E-state index contributed by atoms with van der Waals surface area (Å²) in [5.74, 6) is 1.43. The first-order valence-electron chi connectivity index (χ1n) is 10.3. The first-order chi connectivity index (χ1) is 16.0. The topological polar surface area (TPSA) is 78.3 Å². The summed E-state index contributed by atoms with van der Waals surface area (Å²) >= 11 is 5.98. The van der Waals surface area contributed by atoms with Crippen LogP contribution in [0, 0.1) is 6.92 Å². The van der Waals surface area contributed by atoms with Crippen LogP contribution in [0.5, 0.6) is 11.5 Å². The molecular weight excluding hydrogens is 440 g/mol. The Hall–Kier alpha value is -3.84. The van der Waals surface area contributed by atoms with E-state index in [4.69, 9.17) is 21.1 Å². The number of ether oxygens (including phenoxy) is 2. The second kappa shape index (κ2) is 9.75. The predicted octanol–water partition coefficient (Wildman–Crippen LogP) is 5.22. The number of aryl methyl sites for hydroxylation is 1. The Morgan fingerprint density at radius 1 is 0.970 bits per heavy atom. The molecule has 8 heteroatoms. The summed E-state index contributed by atoms with van der Waals surface area (Å²) in [5.41, 5.74) is 3.32. The molecule has 0 atom stereocenters. The molecule has 0 saturated heterocycles. The van der Waals surface area contributed by atoms with Crippen molar-refractivity contribution in [2.45, 2.75) is 13.5 Å². The van der Waals surface area contributed by atoms with Gasteiger partial charge >= 0.3 is 0 Å². The van der Waals surface area contributed by atoms with Gasteiger partial charge in [0.1, 0.15) is 0 Å². The van der Waals surface area contributed by atoms with Crippen LogP contribution in [0.15, 0.2) is 66.7 Å². The van der Waals surface area contributed by atoms with Crippen LogP contribution in [0.25, 0.3) is 11.4 Å². The van der Waals surface area contributed by atoms with Gasteiger partial charge in [0, 0.05) is 22.7 Å². The van der Waals surface area contributed by atoms with E-state index in [-0.39, 0.29) is 5.91 Å². The van der Waals surface area contributed by atoms with E-state index in [9.17, 15) is 4.79 Å². The van der Waals surface area contributed by atoms with Crippen molar-refractivity contribution in [1.82, 2.24) is 14.8 Å². The van der Waals surface area contributed by atoms with Gasteiger partial charge in [-0.25, -0.2) is 0 Å². The highest BCUT2D eigenvalue weighted by Gasteiger charge is 2.20. The smallest absolute Gasteiger partial charge is 0.281 e. The Bertz CT molecular complexity index is 1270. The first kappa shape index (κ1) is 22.4. The number of nitrogens with zero attached hydrogens (tertiary/aromatic N) is 3. The maximum absolute atomic E-state index is 13.4. The van der Waals surface area contributed by atoms with Crippen molar-refractivity contribution in [3.05, 3.63) is 88.4 Å². The third-order valence-electron chi connectivity index (χ3n) is 5.10. The van der Waals surface area contributed by atoms with Crippen LogP contribution in [-0.4, -0.2) is 34.9 Å². The molecule has 33 heavy (non-hydrogen) atoms. The van der Waals surface area contributed by atoms with E-state index in [0.717, 1.165) is 16.7 Å². The van der Waals surface area contributed by atoms with Gasteiger partial charge in [0.25, 0.3) is 5.91 Å². The fourth-order valence-corrected chi connectivity index (χ4v) is 3.39. The second-order valence-electron chi connectivity index (χ2n) is 7.39. The Balaban J connectivity index is 1.70. The zero-order chi connectivity index (χ0) is 23.4. The maximum Gasteiger partial charge on any atom is 0.281 e. The van der Waals surface area contributed by atoms with Crippen LogP contribution in [0.4, 0.5) is 5.95 Å². The Morgan fingerprint density at radius 3 is 2.33 bits per heavy atom. The highest BCUT2D eigenvalue weighted by Crippen LogP contribution is 2.28. The summed E-state index contributed by atoms with van der Waals surface area (Å²) in [6.07, 6.45) is 0. The average Bonchev–Trinajstić information content (AvgIpc) is 3.27. The normalized spacial score (nSPS) is 10.7. The number of halogens is 1. The Morgan fingerprint density at radius 2 is 1.67 bits per heavy atom. The minimum atomic E-state index is -0.347. The van der Waals surface area contributed by atoms with Crippen molar-refractivity contribution in [2.75, 3.05) is 19.5 Å². The second-order valence-corrected chi connectivity index (χ2v) is 7.83. The van der Waals surface area contributed by atoms with E-state index >= 15 is 0 Å². The molecule has 1 aromatic heterocycles. The number of hydrogen-bond acceptors (Lipinski definition) is 6. The van der Waals surface area contributed by atoms with Crippen LogP contribution in [-0.2, 0) is 6.54 Å².